The summed E-state index contributed by atoms with van der Waals surface area (Å²) in [5, 5.41) is 3.92. The first-order valence-corrected chi connectivity index (χ1v) is 12.2. The van der Waals surface area contributed by atoms with E-state index in [2.05, 4.69) is 74.2 Å². The molecule has 3 rings (SSSR count). The zero-order valence-electron chi connectivity index (χ0n) is 16.2. The van der Waals surface area contributed by atoms with Gasteiger partial charge in [-0.05, 0) is 79.9 Å². The molecule has 0 unspecified atom stereocenters. The molecule has 1 amide bonds. The lowest BCUT2D eigenvalue weighted by molar-refractivity contribution is -0.123. The van der Waals surface area contributed by atoms with Crippen LogP contribution in [0.1, 0.15) is 15.9 Å². The molecule has 3 aromatic rings. The fraction of sp³-hybridized carbons (Fsp3) is 0.0455. The number of halogens is 4. The van der Waals surface area contributed by atoms with Crippen molar-refractivity contribution in [1.82, 2.24) is 5.43 Å². The predicted molar refractivity (Wildman–Crippen MR) is 136 cm³/mol. The van der Waals surface area contributed by atoms with Crippen LogP contribution in [0.5, 0.6) is 11.5 Å². The Balaban J connectivity index is 1.54. The molecule has 3 aromatic carbocycles. The Bertz CT molecular complexity index is 1160. The molecule has 0 aliphatic rings. The normalized spacial score (nSPS) is 10.8. The van der Waals surface area contributed by atoms with E-state index >= 15 is 0 Å². The quantitative estimate of drug-likeness (QED) is 0.133. The van der Waals surface area contributed by atoms with Crippen molar-refractivity contribution in [1.29, 1.82) is 0 Å². The lowest BCUT2D eigenvalue weighted by atomic mass is 10.2. The van der Waals surface area contributed by atoms with E-state index in [0.29, 0.717) is 31.6 Å². The van der Waals surface area contributed by atoms with Crippen LogP contribution in [0, 0.1) is 0 Å². The lowest BCUT2D eigenvalue weighted by Crippen LogP contribution is -2.24. The van der Waals surface area contributed by atoms with E-state index in [4.69, 9.17) is 9.47 Å². The Morgan fingerprint density at radius 3 is 2.34 bits per heavy atom. The van der Waals surface area contributed by atoms with E-state index < -0.39 is 11.9 Å². The van der Waals surface area contributed by atoms with Crippen LogP contribution in [0.2, 0.25) is 0 Å². The Hall–Kier alpha value is -2.01. The third-order valence-electron chi connectivity index (χ3n) is 3.84. The van der Waals surface area contributed by atoms with Gasteiger partial charge in [0.15, 0.2) is 6.61 Å². The van der Waals surface area contributed by atoms with Crippen molar-refractivity contribution in [2.75, 3.05) is 6.61 Å². The molecule has 0 atom stereocenters. The molecule has 0 fully saturated rings. The van der Waals surface area contributed by atoms with Gasteiger partial charge in [-0.2, -0.15) is 5.10 Å². The van der Waals surface area contributed by atoms with Gasteiger partial charge >= 0.3 is 5.97 Å². The lowest BCUT2D eigenvalue weighted by Gasteiger charge is -2.10. The first-order valence-electron chi connectivity index (χ1n) is 8.99. The van der Waals surface area contributed by atoms with Crippen molar-refractivity contribution in [2.45, 2.75) is 0 Å². The number of rotatable bonds is 7. The molecule has 1 N–H and O–H groups in total. The summed E-state index contributed by atoms with van der Waals surface area (Å²) >= 11 is 13.5. The van der Waals surface area contributed by atoms with Gasteiger partial charge in [0.05, 0.1) is 20.7 Å². The van der Waals surface area contributed by atoms with Gasteiger partial charge in [-0.3, -0.25) is 4.79 Å². The van der Waals surface area contributed by atoms with Gasteiger partial charge in [0.2, 0.25) is 0 Å². The second-order valence-corrected chi connectivity index (χ2v) is 9.79. The first-order chi connectivity index (χ1) is 15.3. The molecule has 0 aliphatic carbocycles. The van der Waals surface area contributed by atoms with Crippen LogP contribution in [0.15, 0.2) is 83.7 Å². The topological polar surface area (TPSA) is 77.0 Å². The second-order valence-electron chi connectivity index (χ2n) is 6.25. The van der Waals surface area contributed by atoms with Gasteiger partial charge < -0.3 is 9.47 Å². The SMILES string of the molecule is O=C(COc1c(Br)cc(Br)cc1Br)N/N=C\c1cccc(OC(=O)c2cccc(Br)c2)c1. The maximum atomic E-state index is 12.3. The van der Waals surface area contributed by atoms with Gasteiger partial charge in [-0.1, -0.05) is 50.1 Å². The van der Waals surface area contributed by atoms with E-state index in [9.17, 15) is 9.59 Å². The summed E-state index contributed by atoms with van der Waals surface area (Å²) in [6.45, 7) is -0.222. The van der Waals surface area contributed by atoms with Gasteiger partial charge in [0.1, 0.15) is 11.5 Å². The van der Waals surface area contributed by atoms with Crippen molar-refractivity contribution < 1.29 is 19.1 Å². The van der Waals surface area contributed by atoms with E-state index in [1.807, 2.05) is 18.2 Å². The van der Waals surface area contributed by atoms with Crippen molar-refractivity contribution >= 4 is 81.8 Å². The Kier molecular flexibility index (Phi) is 9.03. The van der Waals surface area contributed by atoms with E-state index in [1.54, 1.807) is 42.5 Å². The second kappa shape index (κ2) is 11.7. The average molecular weight is 690 g/mol. The number of nitrogens with one attached hydrogen (secondary N) is 1. The molecular weight excluding hydrogens is 676 g/mol. The van der Waals surface area contributed by atoms with Crippen molar-refractivity contribution in [3.63, 3.8) is 0 Å². The van der Waals surface area contributed by atoms with Gasteiger partial charge in [0, 0.05) is 8.95 Å². The molecular formula is C22H14Br4N2O4. The highest BCUT2D eigenvalue weighted by molar-refractivity contribution is 9.11. The van der Waals surface area contributed by atoms with E-state index in [1.165, 1.54) is 6.21 Å². The maximum Gasteiger partial charge on any atom is 0.343 e. The number of hydrogen-bond donors (Lipinski definition) is 1. The number of hydrazone groups is 1. The van der Waals surface area contributed by atoms with E-state index in [-0.39, 0.29) is 6.61 Å². The smallest absolute Gasteiger partial charge is 0.343 e. The number of hydrogen-bond acceptors (Lipinski definition) is 5. The molecule has 0 saturated carbocycles. The number of amides is 1. The highest BCUT2D eigenvalue weighted by Crippen LogP contribution is 2.36. The summed E-state index contributed by atoms with van der Waals surface area (Å²) in [6.07, 6.45) is 1.44. The van der Waals surface area contributed by atoms with Crippen LogP contribution in [0.4, 0.5) is 0 Å². The zero-order chi connectivity index (χ0) is 23.1. The standard InChI is InChI=1S/C22H14Br4N2O4/c23-15-5-2-4-14(8-15)22(30)32-17-6-1-3-13(7-17)11-27-28-20(29)12-31-21-18(25)9-16(24)10-19(21)26/h1-11H,12H2,(H,28,29)/b27-11-. The summed E-state index contributed by atoms with van der Waals surface area (Å²) in [5.41, 5.74) is 3.47. The number of benzene rings is 3. The largest absolute Gasteiger partial charge is 0.481 e. The average Bonchev–Trinajstić information content (AvgIpc) is 2.73. The predicted octanol–water partition coefficient (Wildman–Crippen LogP) is 6.48. The fourth-order valence-corrected chi connectivity index (χ4v) is 5.34. The number of ether oxygens (including phenoxy) is 2. The minimum absolute atomic E-state index is 0.222. The summed E-state index contributed by atoms with van der Waals surface area (Å²) in [5.74, 6) is -0.0397. The minimum Gasteiger partial charge on any atom is -0.481 e. The van der Waals surface area contributed by atoms with Crippen molar-refractivity contribution in [3.05, 3.63) is 89.7 Å². The summed E-state index contributed by atoms with van der Waals surface area (Å²) < 4.78 is 14.0. The molecule has 0 bridgehead atoms. The van der Waals surface area contributed by atoms with Gasteiger partial charge in [-0.25, -0.2) is 10.2 Å². The Morgan fingerprint density at radius 2 is 1.62 bits per heavy atom. The third kappa shape index (κ3) is 7.26. The van der Waals surface area contributed by atoms with Crippen molar-refractivity contribution in [3.8, 4) is 11.5 Å². The number of esters is 1. The highest BCUT2D eigenvalue weighted by Gasteiger charge is 2.11. The molecule has 10 heteroatoms. The minimum atomic E-state index is -0.476. The molecule has 6 nitrogen and oxygen atoms in total. The van der Waals surface area contributed by atoms with Crippen LogP contribution in [-0.2, 0) is 4.79 Å². The van der Waals surface area contributed by atoms with Crippen LogP contribution in [0.3, 0.4) is 0 Å². The summed E-state index contributed by atoms with van der Waals surface area (Å²) in [4.78, 5) is 24.3. The molecule has 0 heterocycles. The molecule has 0 radical (unpaired) electrons. The molecule has 0 aromatic heterocycles. The third-order valence-corrected chi connectivity index (χ3v) is 5.97. The molecule has 164 valence electrons. The molecule has 0 saturated heterocycles. The number of carbonyl (C=O) groups is 2. The van der Waals surface area contributed by atoms with Crippen LogP contribution >= 0.6 is 63.7 Å². The molecule has 32 heavy (non-hydrogen) atoms. The Labute approximate surface area is 217 Å². The van der Waals surface area contributed by atoms with Crippen LogP contribution in [0.25, 0.3) is 0 Å². The number of nitrogens with zero attached hydrogens (tertiary/aromatic N) is 1. The Morgan fingerprint density at radius 1 is 0.906 bits per heavy atom. The first kappa shape index (κ1) is 24.6. The van der Waals surface area contributed by atoms with Crippen LogP contribution < -0.4 is 14.9 Å². The van der Waals surface area contributed by atoms with Crippen molar-refractivity contribution in [2.24, 2.45) is 5.10 Å². The van der Waals surface area contributed by atoms with Gasteiger partial charge in [-0.15, -0.1) is 0 Å². The maximum absolute atomic E-state index is 12.3. The monoisotopic (exact) mass is 686 g/mol. The van der Waals surface area contributed by atoms with Gasteiger partial charge in [0.25, 0.3) is 5.91 Å². The molecule has 0 spiro atoms. The summed E-state index contributed by atoms with van der Waals surface area (Å²) in [6, 6.07) is 17.3. The fourth-order valence-electron chi connectivity index (χ4n) is 2.46. The number of carbonyl (C=O) groups excluding carboxylic acids is 2. The zero-order valence-corrected chi connectivity index (χ0v) is 22.5. The van der Waals surface area contributed by atoms with E-state index in [0.717, 1.165) is 8.95 Å². The highest BCUT2D eigenvalue weighted by atomic mass is 79.9. The van der Waals surface area contributed by atoms with Crippen LogP contribution in [-0.4, -0.2) is 24.7 Å². The molecule has 0 aliphatic heterocycles. The summed E-state index contributed by atoms with van der Waals surface area (Å²) in [7, 11) is 0.